The number of nitrogens with zero attached hydrogens (tertiary/aromatic N) is 2. The summed E-state index contributed by atoms with van der Waals surface area (Å²) in [4.78, 5) is 54.8. The standard InChI is InChI=1S/C32H38N2O7S2.C29H40N2O4S/c1-22-29(40-20-28(35)41-27-11-15-33-16-12-27)31(32(36)39-2)42-30(22)26-10-6-9-25(19-26)24-13-17-34(18-14-24)43(37,38)21-23-7-4-3-5-8-23;1-19-24(35-17-23(32)31-12-10-30-11-13-31)26(27(33)34-6)36-25(19)21-9-7-8-20(14-21)22-15-28(2,3)18-29(4,5)16-22/h3-10,19,24,27,33H,11-18,20-21H2,1-2H3;7-9,14,22,30H,10-13,15-18H2,1-6H3. The Kier molecular flexibility index (Phi) is 19.8. The number of nitrogens with one attached hydrogen (secondary N) is 2. The summed E-state index contributed by atoms with van der Waals surface area (Å²) in [6.45, 7) is 18.4. The quantitative estimate of drug-likeness (QED) is 0.0705. The van der Waals surface area contributed by atoms with Crippen molar-refractivity contribution in [2.24, 2.45) is 10.8 Å². The van der Waals surface area contributed by atoms with Crippen LogP contribution < -0.4 is 20.1 Å². The second-order valence-electron chi connectivity index (χ2n) is 22.8. The Morgan fingerprint density at radius 1 is 0.633 bits per heavy atom. The van der Waals surface area contributed by atoms with Crippen LogP contribution in [0.2, 0.25) is 0 Å². The molecule has 9 rings (SSSR count). The van der Waals surface area contributed by atoms with Crippen LogP contribution in [0.15, 0.2) is 78.9 Å². The summed E-state index contributed by atoms with van der Waals surface area (Å²) in [7, 11) is -0.697. The molecule has 0 unspecified atom stereocenters. The van der Waals surface area contributed by atoms with E-state index in [0.717, 1.165) is 95.0 Å². The molecule has 0 spiro atoms. The first-order chi connectivity index (χ1) is 37.7. The van der Waals surface area contributed by atoms with Gasteiger partial charge in [-0.25, -0.2) is 27.1 Å². The van der Waals surface area contributed by atoms with Crippen LogP contribution in [0.3, 0.4) is 0 Å². The van der Waals surface area contributed by atoms with Crippen LogP contribution in [-0.2, 0) is 39.6 Å². The van der Waals surface area contributed by atoms with Crippen molar-refractivity contribution in [3.05, 3.63) is 116 Å². The van der Waals surface area contributed by atoms with Crippen LogP contribution in [-0.4, -0.2) is 127 Å². The molecule has 3 aromatic carbocycles. The van der Waals surface area contributed by atoms with Gasteiger partial charge in [-0.3, -0.25) is 4.79 Å². The van der Waals surface area contributed by atoms with E-state index in [9.17, 15) is 27.6 Å². The number of methoxy groups -OCH3 is 2. The van der Waals surface area contributed by atoms with Gasteiger partial charge in [-0.1, -0.05) is 107 Å². The molecule has 2 aromatic heterocycles. The van der Waals surface area contributed by atoms with Gasteiger partial charge in [0.15, 0.2) is 23.0 Å². The molecular formula is C61H78N4O11S3. The van der Waals surface area contributed by atoms with E-state index >= 15 is 0 Å². The molecule has 426 valence electrons. The number of amides is 1. The molecule has 0 radical (unpaired) electrons. The van der Waals surface area contributed by atoms with Crippen molar-refractivity contribution in [1.29, 1.82) is 0 Å². The highest BCUT2D eigenvalue weighted by molar-refractivity contribution is 7.88. The zero-order valence-electron chi connectivity index (χ0n) is 47.1. The number of sulfonamides is 1. The number of piperazine rings is 1. The van der Waals surface area contributed by atoms with E-state index in [1.807, 2.05) is 56.3 Å². The minimum atomic E-state index is -3.39. The van der Waals surface area contributed by atoms with Gasteiger partial charge in [0.1, 0.15) is 17.6 Å². The fourth-order valence-corrected chi connectivity index (χ4v) is 15.9. The van der Waals surface area contributed by atoms with Crippen molar-refractivity contribution in [3.63, 3.8) is 0 Å². The van der Waals surface area contributed by atoms with Gasteiger partial charge in [0, 0.05) is 60.1 Å². The van der Waals surface area contributed by atoms with Crippen LogP contribution in [0, 0.1) is 24.7 Å². The van der Waals surface area contributed by atoms with Crippen molar-refractivity contribution < 1.29 is 51.3 Å². The number of esters is 3. The largest absolute Gasteiger partial charge is 0.482 e. The van der Waals surface area contributed by atoms with Crippen LogP contribution in [0.1, 0.15) is 132 Å². The van der Waals surface area contributed by atoms with Gasteiger partial charge in [-0.15, -0.1) is 22.7 Å². The first-order valence-electron chi connectivity index (χ1n) is 27.5. The number of hydrogen-bond acceptors (Lipinski definition) is 15. The maximum absolute atomic E-state index is 13.0. The van der Waals surface area contributed by atoms with E-state index in [4.69, 9.17) is 23.7 Å². The number of thiophene rings is 2. The predicted octanol–water partition coefficient (Wildman–Crippen LogP) is 10.5. The molecule has 0 atom stereocenters. The number of hydrogen-bond donors (Lipinski definition) is 2. The molecule has 5 aromatic rings. The zero-order valence-corrected chi connectivity index (χ0v) is 49.5. The Hall–Kier alpha value is -5.63. The molecule has 3 aliphatic heterocycles. The third-order valence-electron chi connectivity index (χ3n) is 15.5. The molecule has 15 nitrogen and oxygen atoms in total. The summed E-state index contributed by atoms with van der Waals surface area (Å²) in [5.74, 6) is 0.00615. The third-order valence-corrected chi connectivity index (χ3v) is 19.9. The number of benzene rings is 3. The Bertz CT molecular complexity index is 3020. The lowest BCUT2D eigenvalue weighted by atomic mass is 9.60. The number of rotatable bonds is 16. The molecule has 1 saturated carbocycles. The highest BCUT2D eigenvalue weighted by Gasteiger charge is 2.39. The van der Waals surface area contributed by atoms with Crippen LogP contribution >= 0.6 is 22.7 Å². The molecule has 2 N–H and O–H groups in total. The number of carbonyl (C=O) groups excluding carboxylic acids is 4. The molecule has 0 bridgehead atoms. The van der Waals surface area contributed by atoms with Gasteiger partial charge >= 0.3 is 17.9 Å². The van der Waals surface area contributed by atoms with E-state index in [2.05, 4.69) is 74.7 Å². The minimum absolute atomic E-state index is 0.00830. The molecule has 5 heterocycles. The first-order valence-corrected chi connectivity index (χ1v) is 30.8. The van der Waals surface area contributed by atoms with Crippen molar-refractivity contribution in [1.82, 2.24) is 19.8 Å². The molecule has 4 fully saturated rings. The van der Waals surface area contributed by atoms with Gasteiger partial charge in [0.05, 0.1) is 20.0 Å². The average Bonchev–Trinajstić information content (AvgIpc) is 4.04. The summed E-state index contributed by atoms with van der Waals surface area (Å²) in [5.41, 5.74) is 7.48. The molecule has 1 amide bonds. The van der Waals surface area contributed by atoms with E-state index in [-0.39, 0.29) is 36.9 Å². The normalized spacial score (nSPS) is 18.2. The van der Waals surface area contributed by atoms with Crippen molar-refractivity contribution in [2.75, 3.05) is 79.8 Å². The van der Waals surface area contributed by atoms with Gasteiger partial charge in [0.25, 0.3) is 5.91 Å². The molecule has 3 saturated heterocycles. The van der Waals surface area contributed by atoms with E-state index < -0.39 is 27.9 Å². The SMILES string of the molecule is COC(=O)c1sc(-c2cccc(C3CC(C)(C)CC(C)(C)C3)c2)c(C)c1OCC(=O)N1CCNCC1.COC(=O)c1sc(-c2cccc(C3CCN(S(=O)(=O)Cc4ccccc4)CC3)c2)c(C)c1OCC(=O)OC1CCNCC1. The summed E-state index contributed by atoms with van der Waals surface area (Å²) < 4.78 is 55.2. The zero-order chi connectivity index (χ0) is 56.5. The summed E-state index contributed by atoms with van der Waals surface area (Å²) in [6.07, 6.45) is 6.41. The second kappa shape index (κ2) is 26.3. The maximum atomic E-state index is 13.0. The maximum Gasteiger partial charge on any atom is 0.351 e. The lowest BCUT2D eigenvalue weighted by molar-refractivity contribution is -0.152. The van der Waals surface area contributed by atoms with Crippen LogP contribution in [0.5, 0.6) is 11.5 Å². The molecular weight excluding hydrogens is 1060 g/mol. The summed E-state index contributed by atoms with van der Waals surface area (Å²) in [5, 5.41) is 6.49. The van der Waals surface area contributed by atoms with Crippen LogP contribution in [0.4, 0.5) is 0 Å². The lowest BCUT2D eigenvalue weighted by Crippen LogP contribution is -2.48. The van der Waals surface area contributed by atoms with Gasteiger partial charge in [0.2, 0.25) is 10.0 Å². The third kappa shape index (κ3) is 15.2. The second-order valence-corrected chi connectivity index (χ2v) is 26.8. The summed E-state index contributed by atoms with van der Waals surface area (Å²) >= 11 is 2.65. The molecule has 4 aliphatic rings. The highest BCUT2D eigenvalue weighted by Crippen LogP contribution is 2.52. The fraction of sp³-hybridized carbons (Fsp3) is 0.508. The van der Waals surface area contributed by atoms with Crippen molar-refractivity contribution in [3.8, 4) is 32.4 Å². The molecule has 79 heavy (non-hydrogen) atoms. The summed E-state index contributed by atoms with van der Waals surface area (Å²) in [6, 6.07) is 26.1. The Morgan fingerprint density at radius 2 is 1.14 bits per heavy atom. The fourth-order valence-electron chi connectivity index (χ4n) is 12.0. The number of ether oxygens (including phenoxy) is 5. The minimum Gasteiger partial charge on any atom is -0.482 e. The van der Waals surface area contributed by atoms with Crippen molar-refractivity contribution >= 4 is 56.5 Å². The van der Waals surface area contributed by atoms with Gasteiger partial charge in [-0.2, -0.15) is 0 Å². The molecule has 18 heteroatoms. The van der Waals surface area contributed by atoms with Crippen molar-refractivity contribution in [2.45, 2.75) is 110 Å². The molecule has 1 aliphatic carbocycles. The monoisotopic (exact) mass is 1140 g/mol. The smallest absolute Gasteiger partial charge is 0.351 e. The topological polar surface area (TPSA) is 179 Å². The highest BCUT2D eigenvalue weighted by atomic mass is 32.2. The Balaban J connectivity index is 0.000000211. The van der Waals surface area contributed by atoms with Crippen LogP contribution in [0.25, 0.3) is 20.9 Å². The van der Waals surface area contributed by atoms with Gasteiger partial charge < -0.3 is 39.2 Å². The lowest BCUT2D eigenvalue weighted by Gasteiger charge is -2.45. The average molecular weight is 1140 g/mol. The first kappa shape index (κ1) is 59.5. The predicted molar refractivity (Wildman–Crippen MR) is 311 cm³/mol. The Labute approximate surface area is 474 Å². The van der Waals surface area contributed by atoms with E-state index in [1.54, 1.807) is 9.21 Å². The number of piperidine rings is 2. The van der Waals surface area contributed by atoms with E-state index in [1.165, 1.54) is 61.7 Å². The number of carbonyl (C=O) groups is 4. The Morgan fingerprint density at radius 3 is 1.67 bits per heavy atom. The van der Waals surface area contributed by atoms with E-state index in [0.29, 0.717) is 64.2 Å². The van der Waals surface area contributed by atoms with Gasteiger partial charge in [-0.05, 0) is 122 Å².